The van der Waals surface area contributed by atoms with E-state index in [-0.39, 0.29) is 0 Å². The van der Waals surface area contributed by atoms with Crippen LogP contribution in [0, 0.1) is 0 Å². The number of nitrogens with zero attached hydrogens (tertiary/aromatic N) is 1. The van der Waals surface area contributed by atoms with Gasteiger partial charge in [-0.2, -0.15) is 0 Å². The van der Waals surface area contributed by atoms with Gasteiger partial charge in [0.1, 0.15) is 12.4 Å². The average Bonchev–Trinajstić information content (AvgIpc) is 2.87. The largest absolute Gasteiger partial charge is 0.491 e. The highest BCUT2D eigenvalue weighted by Gasteiger charge is 2.12. The van der Waals surface area contributed by atoms with Gasteiger partial charge in [0.05, 0.1) is 12.3 Å². The summed E-state index contributed by atoms with van der Waals surface area (Å²) >= 11 is 0. The van der Waals surface area contributed by atoms with Crippen molar-refractivity contribution in [3.63, 3.8) is 0 Å². The normalized spacial score (nSPS) is 13.2. The lowest BCUT2D eigenvalue weighted by atomic mass is 10.0. The van der Waals surface area contributed by atoms with E-state index in [1.807, 2.05) is 25.1 Å². The number of carbonyl (C=O) groups excluding carboxylic acids is 1. The topological polar surface area (TPSA) is 38.8 Å². The standard InChI is InChI=1S/C21H23NO3/c1-2-24-13-14-25-20-9-6-17(7-10-20)18-8-11-21-19(15-18)5-3-4-12-22(21)16-23/h3,5-11,15-16H,2,4,12-14H2,1H3. The summed E-state index contributed by atoms with van der Waals surface area (Å²) in [6, 6.07) is 14.2. The molecule has 0 bridgehead atoms. The Hall–Kier alpha value is -2.59. The molecule has 0 fully saturated rings. The van der Waals surface area contributed by atoms with E-state index in [9.17, 15) is 4.79 Å². The molecule has 130 valence electrons. The van der Waals surface area contributed by atoms with Gasteiger partial charge in [0.15, 0.2) is 0 Å². The third-order valence-corrected chi connectivity index (χ3v) is 4.19. The van der Waals surface area contributed by atoms with E-state index in [4.69, 9.17) is 9.47 Å². The molecule has 1 aliphatic rings. The third-order valence-electron chi connectivity index (χ3n) is 4.19. The minimum atomic E-state index is 0.554. The molecule has 0 N–H and O–H groups in total. The summed E-state index contributed by atoms with van der Waals surface area (Å²) in [5.74, 6) is 0.838. The second kappa shape index (κ2) is 8.49. The average molecular weight is 337 g/mol. The fourth-order valence-corrected chi connectivity index (χ4v) is 2.89. The van der Waals surface area contributed by atoms with E-state index >= 15 is 0 Å². The molecule has 4 nitrogen and oxygen atoms in total. The second-order valence-corrected chi connectivity index (χ2v) is 5.83. The van der Waals surface area contributed by atoms with Crippen molar-refractivity contribution >= 4 is 18.2 Å². The van der Waals surface area contributed by atoms with Crippen molar-refractivity contribution in [1.29, 1.82) is 0 Å². The van der Waals surface area contributed by atoms with Crippen LogP contribution in [0.1, 0.15) is 18.9 Å². The number of benzene rings is 2. The van der Waals surface area contributed by atoms with Gasteiger partial charge in [0.2, 0.25) is 6.41 Å². The lowest BCUT2D eigenvalue weighted by molar-refractivity contribution is -0.107. The van der Waals surface area contributed by atoms with Crippen molar-refractivity contribution in [1.82, 2.24) is 0 Å². The quantitative estimate of drug-likeness (QED) is 0.563. The van der Waals surface area contributed by atoms with E-state index in [1.165, 1.54) is 0 Å². The minimum Gasteiger partial charge on any atom is -0.491 e. The molecule has 25 heavy (non-hydrogen) atoms. The SMILES string of the molecule is CCOCCOc1ccc(-c2ccc3c(c2)C=CCCN3C=O)cc1. The fraction of sp³-hybridized carbons (Fsp3) is 0.286. The number of rotatable bonds is 7. The number of anilines is 1. The zero-order valence-electron chi connectivity index (χ0n) is 14.5. The van der Waals surface area contributed by atoms with E-state index < -0.39 is 0 Å². The van der Waals surface area contributed by atoms with Crippen LogP contribution in [0.2, 0.25) is 0 Å². The number of amides is 1. The molecule has 0 radical (unpaired) electrons. The summed E-state index contributed by atoms with van der Waals surface area (Å²) in [7, 11) is 0. The van der Waals surface area contributed by atoms with Crippen LogP contribution >= 0.6 is 0 Å². The smallest absolute Gasteiger partial charge is 0.214 e. The predicted molar refractivity (Wildman–Crippen MR) is 101 cm³/mol. The third kappa shape index (κ3) is 4.28. The highest BCUT2D eigenvalue weighted by atomic mass is 16.5. The molecule has 0 saturated carbocycles. The van der Waals surface area contributed by atoms with Crippen LogP contribution in [0.4, 0.5) is 5.69 Å². The maximum Gasteiger partial charge on any atom is 0.214 e. The zero-order chi connectivity index (χ0) is 17.5. The van der Waals surface area contributed by atoms with Crippen molar-refractivity contribution in [3.8, 4) is 16.9 Å². The van der Waals surface area contributed by atoms with Crippen molar-refractivity contribution < 1.29 is 14.3 Å². The highest BCUT2D eigenvalue weighted by Crippen LogP contribution is 2.30. The monoisotopic (exact) mass is 337 g/mol. The Kier molecular flexibility index (Phi) is 5.86. The first-order chi connectivity index (χ1) is 12.3. The summed E-state index contributed by atoms with van der Waals surface area (Å²) < 4.78 is 10.9. The Balaban J connectivity index is 1.76. The van der Waals surface area contributed by atoms with Gasteiger partial charge >= 0.3 is 0 Å². The maximum absolute atomic E-state index is 11.3. The number of fused-ring (bicyclic) bond motifs is 1. The first kappa shape index (κ1) is 17.2. The molecular formula is C21H23NO3. The number of carbonyl (C=O) groups is 1. The Morgan fingerprint density at radius 1 is 1.08 bits per heavy atom. The summed E-state index contributed by atoms with van der Waals surface area (Å²) in [4.78, 5) is 13.0. The highest BCUT2D eigenvalue weighted by molar-refractivity contribution is 5.84. The number of ether oxygens (including phenoxy) is 2. The summed E-state index contributed by atoms with van der Waals surface area (Å²) in [6.45, 7) is 4.55. The summed E-state index contributed by atoms with van der Waals surface area (Å²) in [5, 5.41) is 0. The summed E-state index contributed by atoms with van der Waals surface area (Å²) in [5.41, 5.74) is 4.27. The van der Waals surface area contributed by atoms with Crippen molar-refractivity contribution in [2.24, 2.45) is 0 Å². The molecule has 0 aromatic heterocycles. The second-order valence-electron chi connectivity index (χ2n) is 5.83. The fourth-order valence-electron chi connectivity index (χ4n) is 2.89. The van der Waals surface area contributed by atoms with Gasteiger partial charge in [-0.3, -0.25) is 4.79 Å². The van der Waals surface area contributed by atoms with Gasteiger partial charge in [-0.15, -0.1) is 0 Å². The minimum absolute atomic E-state index is 0.554. The Bertz CT molecular complexity index is 737. The van der Waals surface area contributed by atoms with E-state index in [1.54, 1.807) is 4.90 Å². The lowest BCUT2D eigenvalue weighted by Gasteiger charge is -2.18. The first-order valence-corrected chi connectivity index (χ1v) is 8.65. The lowest BCUT2D eigenvalue weighted by Crippen LogP contribution is -2.21. The van der Waals surface area contributed by atoms with Crippen LogP contribution in [0.3, 0.4) is 0 Å². The van der Waals surface area contributed by atoms with Gasteiger partial charge < -0.3 is 14.4 Å². The molecule has 3 rings (SSSR count). The molecular weight excluding hydrogens is 314 g/mol. The van der Waals surface area contributed by atoms with Crippen molar-refractivity contribution in [3.05, 3.63) is 54.1 Å². The molecule has 0 aliphatic carbocycles. The Labute approximate surface area is 148 Å². The van der Waals surface area contributed by atoms with Crippen molar-refractivity contribution in [2.45, 2.75) is 13.3 Å². The van der Waals surface area contributed by atoms with Gasteiger partial charge in [-0.05, 0) is 54.3 Å². The van der Waals surface area contributed by atoms with Gasteiger partial charge in [0.25, 0.3) is 0 Å². The molecule has 1 aliphatic heterocycles. The summed E-state index contributed by atoms with van der Waals surface area (Å²) in [6.07, 6.45) is 5.98. The van der Waals surface area contributed by atoms with Crippen LogP contribution < -0.4 is 9.64 Å². The van der Waals surface area contributed by atoms with Crippen LogP contribution in [0.15, 0.2) is 48.5 Å². The van der Waals surface area contributed by atoms with E-state index in [2.05, 4.69) is 36.4 Å². The van der Waals surface area contributed by atoms with Crippen LogP contribution in [0.25, 0.3) is 17.2 Å². The Morgan fingerprint density at radius 2 is 1.88 bits per heavy atom. The number of hydrogen-bond donors (Lipinski definition) is 0. The maximum atomic E-state index is 11.3. The van der Waals surface area contributed by atoms with Gasteiger partial charge in [-0.1, -0.05) is 30.4 Å². The molecule has 4 heteroatoms. The van der Waals surface area contributed by atoms with Gasteiger partial charge in [-0.25, -0.2) is 0 Å². The molecule has 2 aromatic carbocycles. The van der Waals surface area contributed by atoms with Gasteiger partial charge in [0, 0.05) is 13.2 Å². The van der Waals surface area contributed by atoms with Crippen molar-refractivity contribution in [2.75, 3.05) is 31.3 Å². The number of hydrogen-bond acceptors (Lipinski definition) is 3. The predicted octanol–water partition coefficient (Wildman–Crippen LogP) is 4.15. The Morgan fingerprint density at radius 3 is 2.64 bits per heavy atom. The molecule has 0 atom stereocenters. The van der Waals surface area contributed by atoms with Crippen LogP contribution in [-0.2, 0) is 9.53 Å². The molecule has 0 saturated heterocycles. The van der Waals surface area contributed by atoms with Crippen LogP contribution in [0.5, 0.6) is 5.75 Å². The molecule has 0 spiro atoms. The van der Waals surface area contributed by atoms with E-state index in [0.29, 0.717) is 19.8 Å². The van der Waals surface area contributed by atoms with Crippen LogP contribution in [-0.4, -0.2) is 32.8 Å². The molecule has 1 amide bonds. The zero-order valence-corrected chi connectivity index (χ0v) is 14.5. The molecule has 2 aromatic rings. The van der Waals surface area contributed by atoms with E-state index in [0.717, 1.165) is 47.5 Å². The molecule has 1 heterocycles. The molecule has 0 unspecified atom stereocenters. The first-order valence-electron chi connectivity index (χ1n) is 8.65.